The second kappa shape index (κ2) is 10.3. The lowest BCUT2D eigenvalue weighted by Gasteiger charge is -2.13. The Balaban J connectivity index is 1.77. The molecule has 0 saturated heterocycles. The SMILES string of the molecule is COC(=O)C(N)CCC(=O)Nc1ccc(OCC(O)c2ccccc2)cc1. The minimum Gasteiger partial charge on any atom is -0.491 e. The van der Waals surface area contributed by atoms with E-state index in [9.17, 15) is 14.7 Å². The highest BCUT2D eigenvalue weighted by Gasteiger charge is 2.15. The molecule has 7 heteroatoms. The van der Waals surface area contributed by atoms with Crippen molar-refractivity contribution >= 4 is 17.6 Å². The third-order valence-electron chi connectivity index (χ3n) is 3.92. The predicted octanol–water partition coefficient (Wildman–Crippen LogP) is 2.02. The number of esters is 1. The third kappa shape index (κ3) is 6.73. The van der Waals surface area contributed by atoms with E-state index in [1.165, 1.54) is 7.11 Å². The molecule has 0 saturated carbocycles. The summed E-state index contributed by atoms with van der Waals surface area (Å²) in [5.41, 5.74) is 6.98. The summed E-state index contributed by atoms with van der Waals surface area (Å²) in [7, 11) is 1.25. The monoisotopic (exact) mass is 372 g/mol. The van der Waals surface area contributed by atoms with Gasteiger partial charge >= 0.3 is 5.97 Å². The highest BCUT2D eigenvalue weighted by molar-refractivity contribution is 5.91. The number of hydrogen-bond acceptors (Lipinski definition) is 6. The third-order valence-corrected chi connectivity index (χ3v) is 3.92. The van der Waals surface area contributed by atoms with Gasteiger partial charge in [-0.15, -0.1) is 0 Å². The molecule has 2 aromatic rings. The first-order valence-electron chi connectivity index (χ1n) is 8.58. The van der Waals surface area contributed by atoms with Crippen LogP contribution in [-0.4, -0.2) is 36.7 Å². The molecule has 0 aliphatic heterocycles. The van der Waals surface area contributed by atoms with Gasteiger partial charge in [0.1, 0.15) is 24.5 Å². The number of carbonyl (C=O) groups is 2. The van der Waals surface area contributed by atoms with Gasteiger partial charge in [-0.1, -0.05) is 30.3 Å². The van der Waals surface area contributed by atoms with Crippen molar-refractivity contribution in [1.82, 2.24) is 0 Å². The number of rotatable bonds is 9. The number of amides is 1. The second-order valence-corrected chi connectivity index (χ2v) is 5.98. The molecular formula is C20H24N2O5. The van der Waals surface area contributed by atoms with Crippen molar-refractivity contribution in [3.8, 4) is 5.75 Å². The van der Waals surface area contributed by atoms with Gasteiger partial charge in [0.25, 0.3) is 0 Å². The van der Waals surface area contributed by atoms with Gasteiger partial charge in [-0.2, -0.15) is 0 Å². The highest BCUT2D eigenvalue weighted by Crippen LogP contribution is 2.19. The molecule has 0 bridgehead atoms. The van der Waals surface area contributed by atoms with Gasteiger partial charge in [0.15, 0.2) is 0 Å². The van der Waals surface area contributed by atoms with Crippen molar-refractivity contribution in [3.63, 3.8) is 0 Å². The molecule has 2 aromatic carbocycles. The van der Waals surface area contributed by atoms with Crippen molar-refractivity contribution in [2.45, 2.75) is 25.0 Å². The van der Waals surface area contributed by atoms with Crippen LogP contribution in [0.25, 0.3) is 0 Å². The Morgan fingerprint density at radius 3 is 2.41 bits per heavy atom. The van der Waals surface area contributed by atoms with Crippen LogP contribution in [0.2, 0.25) is 0 Å². The lowest BCUT2D eigenvalue weighted by molar-refractivity contribution is -0.142. The molecule has 2 atom stereocenters. The number of ether oxygens (including phenoxy) is 2. The lowest BCUT2D eigenvalue weighted by atomic mass is 10.1. The zero-order valence-electron chi connectivity index (χ0n) is 15.1. The summed E-state index contributed by atoms with van der Waals surface area (Å²) in [6, 6.07) is 15.2. The van der Waals surface area contributed by atoms with Gasteiger partial charge in [-0.25, -0.2) is 0 Å². The number of benzene rings is 2. The van der Waals surface area contributed by atoms with E-state index in [-0.39, 0.29) is 25.4 Å². The minimum absolute atomic E-state index is 0.109. The number of methoxy groups -OCH3 is 1. The van der Waals surface area contributed by atoms with E-state index in [2.05, 4.69) is 10.1 Å². The first kappa shape index (κ1) is 20.4. The number of carbonyl (C=O) groups excluding carboxylic acids is 2. The van der Waals surface area contributed by atoms with Crippen molar-refractivity contribution in [2.75, 3.05) is 19.0 Å². The second-order valence-electron chi connectivity index (χ2n) is 5.98. The van der Waals surface area contributed by atoms with Crippen LogP contribution in [0.3, 0.4) is 0 Å². The lowest BCUT2D eigenvalue weighted by Crippen LogP contribution is -2.32. The number of anilines is 1. The van der Waals surface area contributed by atoms with Crippen LogP contribution in [0.1, 0.15) is 24.5 Å². The fourth-order valence-corrected chi connectivity index (χ4v) is 2.36. The number of nitrogens with one attached hydrogen (secondary N) is 1. The van der Waals surface area contributed by atoms with Crippen LogP contribution in [0, 0.1) is 0 Å². The zero-order chi connectivity index (χ0) is 19.6. The first-order chi connectivity index (χ1) is 13.0. The summed E-state index contributed by atoms with van der Waals surface area (Å²) in [5.74, 6) is -0.208. The average Bonchev–Trinajstić information content (AvgIpc) is 2.71. The molecule has 2 unspecified atom stereocenters. The van der Waals surface area contributed by atoms with Crippen molar-refractivity contribution in [1.29, 1.82) is 0 Å². The van der Waals surface area contributed by atoms with E-state index in [4.69, 9.17) is 10.5 Å². The first-order valence-corrected chi connectivity index (χ1v) is 8.58. The quantitative estimate of drug-likeness (QED) is 0.581. The molecule has 4 N–H and O–H groups in total. The summed E-state index contributed by atoms with van der Waals surface area (Å²) in [6.45, 7) is 0.126. The smallest absolute Gasteiger partial charge is 0.322 e. The number of aliphatic hydroxyl groups excluding tert-OH is 1. The molecule has 0 spiro atoms. The number of hydrogen-bond donors (Lipinski definition) is 3. The van der Waals surface area contributed by atoms with Crippen LogP contribution < -0.4 is 15.8 Å². The van der Waals surface area contributed by atoms with E-state index in [1.54, 1.807) is 24.3 Å². The molecule has 1 amide bonds. The molecule has 0 fully saturated rings. The Kier molecular flexibility index (Phi) is 7.79. The van der Waals surface area contributed by atoms with E-state index in [0.717, 1.165) is 5.56 Å². The van der Waals surface area contributed by atoms with E-state index in [0.29, 0.717) is 11.4 Å². The van der Waals surface area contributed by atoms with Crippen LogP contribution >= 0.6 is 0 Å². The maximum Gasteiger partial charge on any atom is 0.322 e. The number of nitrogens with two attached hydrogens (primary N) is 1. The normalized spacial score (nSPS) is 12.7. The van der Waals surface area contributed by atoms with Crippen LogP contribution in [-0.2, 0) is 14.3 Å². The van der Waals surface area contributed by atoms with Crippen molar-refractivity contribution in [2.24, 2.45) is 5.73 Å². The van der Waals surface area contributed by atoms with Gasteiger partial charge in [-0.05, 0) is 36.2 Å². The van der Waals surface area contributed by atoms with Crippen LogP contribution in [0.15, 0.2) is 54.6 Å². The predicted molar refractivity (Wildman–Crippen MR) is 101 cm³/mol. The van der Waals surface area contributed by atoms with E-state index in [1.807, 2.05) is 30.3 Å². The Morgan fingerprint density at radius 1 is 1.11 bits per heavy atom. The van der Waals surface area contributed by atoms with Gasteiger partial charge in [0.2, 0.25) is 5.91 Å². The Bertz CT molecular complexity index is 734. The molecule has 2 rings (SSSR count). The maximum atomic E-state index is 11.9. The molecule has 27 heavy (non-hydrogen) atoms. The van der Waals surface area contributed by atoms with Gasteiger partial charge < -0.3 is 25.6 Å². The Labute approximate surface area is 158 Å². The summed E-state index contributed by atoms with van der Waals surface area (Å²) in [5, 5.41) is 12.8. The standard InChI is InChI=1S/C20H24N2O5/c1-26-20(25)17(21)11-12-19(24)22-15-7-9-16(10-8-15)27-13-18(23)14-5-3-2-4-6-14/h2-10,17-18,23H,11-13,21H2,1H3,(H,22,24). The molecule has 0 radical (unpaired) electrons. The molecule has 7 nitrogen and oxygen atoms in total. The summed E-state index contributed by atoms with van der Waals surface area (Å²) < 4.78 is 10.1. The van der Waals surface area contributed by atoms with Gasteiger partial charge in [0, 0.05) is 12.1 Å². The molecule has 144 valence electrons. The zero-order valence-corrected chi connectivity index (χ0v) is 15.1. The average molecular weight is 372 g/mol. The van der Waals surface area contributed by atoms with Gasteiger partial charge in [0.05, 0.1) is 7.11 Å². The van der Waals surface area contributed by atoms with E-state index < -0.39 is 18.1 Å². The fraction of sp³-hybridized carbons (Fsp3) is 0.300. The Hall–Kier alpha value is -2.90. The van der Waals surface area contributed by atoms with Crippen LogP contribution in [0.4, 0.5) is 5.69 Å². The van der Waals surface area contributed by atoms with Crippen molar-refractivity contribution in [3.05, 3.63) is 60.2 Å². The topological polar surface area (TPSA) is 111 Å². The molecule has 0 aliphatic rings. The molecule has 0 heterocycles. The molecular weight excluding hydrogens is 348 g/mol. The highest BCUT2D eigenvalue weighted by atomic mass is 16.5. The maximum absolute atomic E-state index is 11.9. The van der Waals surface area contributed by atoms with Gasteiger partial charge in [-0.3, -0.25) is 9.59 Å². The molecule has 0 aromatic heterocycles. The largest absolute Gasteiger partial charge is 0.491 e. The summed E-state index contributed by atoms with van der Waals surface area (Å²) in [6.07, 6.45) is -0.404. The minimum atomic E-state index is -0.812. The number of aliphatic hydroxyl groups is 1. The molecule has 0 aliphatic carbocycles. The summed E-state index contributed by atoms with van der Waals surface area (Å²) in [4.78, 5) is 23.1. The van der Waals surface area contributed by atoms with Crippen LogP contribution in [0.5, 0.6) is 5.75 Å². The van der Waals surface area contributed by atoms with E-state index >= 15 is 0 Å². The summed E-state index contributed by atoms with van der Waals surface area (Å²) >= 11 is 0. The Morgan fingerprint density at radius 2 is 1.78 bits per heavy atom. The van der Waals surface area contributed by atoms with Crippen molar-refractivity contribution < 1.29 is 24.2 Å². The fourth-order valence-electron chi connectivity index (χ4n) is 2.36.